The Morgan fingerprint density at radius 1 is 0.960 bits per heavy atom. The number of hydrogen-bond donors (Lipinski definition) is 2. The van der Waals surface area contributed by atoms with Crippen molar-refractivity contribution in [3.63, 3.8) is 0 Å². The van der Waals surface area contributed by atoms with Crippen LogP contribution in [-0.2, 0) is 0 Å². The van der Waals surface area contributed by atoms with Crippen LogP contribution in [0, 0.1) is 0 Å². The summed E-state index contributed by atoms with van der Waals surface area (Å²) in [4.78, 5) is 40.1. The Balaban J connectivity index is 1.55. The van der Waals surface area contributed by atoms with Gasteiger partial charge in [0.25, 0.3) is 0 Å². The number of aromatic nitrogens is 1. The van der Waals surface area contributed by atoms with Gasteiger partial charge in [-0.2, -0.15) is 0 Å². The summed E-state index contributed by atoms with van der Waals surface area (Å²) in [6.45, 7) is -0.0606. The lowest BCUT2D eigenvalue weighted by molar-refractivity contribution is 0.0965. The summed E-state index contributed by atoms with van der Waals surface area (Å²) < 4.78 is 0. The van der Waals surface area contributed by atoms with Crippen molar-refractivity contribution in [3.05, 3.63) is 83.2 Å². The number of carbonyl (C=O) groups excluding carboxylic acids is 3. The maximum Gasteiger partial charge on any atom is 0.209 e. The van der Waals surface area contributed by atoms with Crippen molar-refractivity contribution in [2.45, 2.75) is 0 Å². The Morgan fingerprint density at radius 3 is 2.52 bits per heavy atom. The van der Waals surface area contributed by atoms with E-state index in [0.717, 1.165) is 10.9 Å². The molecule has 1 aliphatic rings. The van der Waals surface area contributed by atoms with E-state index < -0.39 is 0 Å². The third-order valence-corrected chi connectivity index (χ3v) is 4.29. The second-order valence-electron chi connectivity index (χ2n) is 5.82. The fourth-order valence-electron chi connectivity index (χ4n) is 3.02. The molecule has 1 heterocycles. The maximum atomic E-state index is 12.5. The Bertz CT molecular complexity index is 1060. The number of allylic oxidation sites excluding steroid dienone is 2. The van der Waals surface area contributed by atoms with E-state index >= 15 is 0 Å². The van der Waals surface area contributed by atoms with Crippen molar-refractivity contribution in [1.29, 1.82) is 0 Å². The molecule has 4 rings (SSSR count). The Morgan fingerprint density at radius 2 is 1.68 bits per heavy atom. The zero-order chi connectivity index (χ0) is 17.4. The number of hydrogen-bond acceptors (Lipinski definition) is 4. The summed E-state index contributed by atoms with van der Waals surface area (Å²) >= 11 is 0. The number of carbonyl (C=O) groups is 3. The van der Waals surface area contributed by atoms with Gasteiger partial charge >= 0.3 is 0 Å². The number of H-pyrrole nitrogens is 1. The predicted octanol–water partition coefficient (Wildman–Crippen LogP) is 2.90. The third kappa shape index (κ3) is 2.55. The van der Waals surface area contributed by atoms with Crippen LogP contribution in [0.15, 0.2) is 66.5 Å². The molecule has 0 atom stereocenters. The second-order valence-corrected chi connectivity index (χ2v) is 5.82. The summed E-state index contributed by atoms with van der Waals surface area (Å²) in [7, 11) is 0. The molecule has 0 saturated carbocycles. The van der Waals surface area contributed by atoms with Crippen LogP contribution in [0.2, 0.25) is 0 Å². The van der Waals surface area contributed by atoms with Crippen molar-refractivity contribution in [1.82, 2.24) is 10.3 Å². The third-order valence-electron chi connectivity index (χ3n) is 4.29. The highest BCUT2D eigenvalue weighted by Crippen LogP contribution is 2.21. The Hall–Kier alpha value is -3.47. The number of nitrogens with one attached hydrogen (secondary N) is 2. The molecule has 0 unspecified atom stereocenters. The number of para-hydroxylation sites is 1. The van der Waals surface area contributed by atoms with Gasteiger partial charge in [-0.15, -0.1) is 0 Å². The van der Waals surface area contributed by atoms with Crippen molar-refractivity contribution in [3.8, 4) is 0 Å². The number of Topliss-reactive ketones (excluding diaryl/α,β-unsaturated/α-hetero) is 2. The van der Waals surface area contributed by atoms with Gasteiger partial charge in [-0.05, 0) is 6.07 Å². The van der Waals surface area contributed by atoms with Crippen LogP contribution in [0.4, 0.5) is 0 Å². The van der Waals surface area contributed by atoms with Gasteiger partial charge in [0.2, 0.25) is 5.78 Å². The molecule has 0 fully saturated rings. The van der Waals surface area contributed by atoms with Gasteiger partial charge in [0.1, 0.15) is 0 Å². The number of benzene rings is 2. The molecule has 1 aromatic heterocycles. The second kappa shape index (κ2) is 5.87. The first-order valence-electron chi connectivity index (χ1n) is 7.88. The zero-order valence-electron chi connectivity index (χ0n) is 13.2. The minimum Gasteiger partial charge on any atom is -0.374 e. The number of ketones is 3. The molecule has 1 aliphatic carbocycles. The Labute approximate surface area is 143 Å². The van der Waals surface area contributed by atoms with Gasteiger partial charge in [0.05, 0.1) is 12.2 Å². The molecule has 0 aliphatic heterocycles. The topological polar surface area (TPSA) is 79.0 Å². The first-order valence-corrected chi connectivity index (χ1v) is 7.88. The normalized spacial score (nSPS) is 13.5. The summed E-state index contributed by atoms with van der Waals surface area (Å²) in [6.07, 6.45) is 2.92. The van der Waals surface area contributed by atoms with Crippen LogP contribution in [0.25, 0.3) is 10.9 Å². The van der Waals surface area contributed by atoms with Crippen LogP contribution < -0.4 is 5.32 Å². The van der Waals surface area contributed by atoms with Gasteiger partial charge in [0, 0.05) is 39.9 Å². The summed E-state index contributed by atoms with van der Waals surface area (Å²) in [5.74, 6) is -0.670. The first-order chi connectivity index (χ1) is 12.1. The number of rotatable bonds is 4. The maximum absolute atomic E-state index is 12.5. The smallest absolute Gasteiger partial charge is 0.209 e. The summed E-state index contributed by atoms with van der Waals surface area (Å²) in [6, 6.07) is 14.2. The van der Waals surface area contributed by atoms with Gasteiger partial charge in [-0.1, -0.05) is 42.5 Å². The van der Waals surface area contributed by atoms with E-state index in [0.29, 0.717) is 16.7 Å². The summed E-state index contributed by atoms with van der Waals surface area (Å²) in [5, 5.41) is 3.66. The van der Waals surface area contributed by atoms with E-state index in [1.165, 1.54) is 6.08 Å². The lowest BCUT2D eigenvalue weighted by Crippen LogP contribution is -2.30. The summed E-state index contributed by atoms with van der Waals surface area (Å²) in [5.41, 5.74) is 2.33. The molecule has 122 valence electrons. The molecule has 25 heavy (non-hydrogen) atoms. The lowest BCUT2D eigenvalue weighted by atomic mass is 9.92. The van der Waals surface area contributed by atoms with E-state index in [1.54, 1.807) is 30.5 Å². The van der Waals surface area contributed by atoms with Gasteiger partial charge in [-0.25, -0.2) is 0 Å². The quantitative estimate of drug-likeness (QED) is 0.721. The number of fused-ring (bicyclic) bond motifs is 2. The highest BCUT2D eigenvalue weighted by atomic mass is 16.1. The Kier molecular flexibility index (Phi) is 3.54. The molecule has 0 bridgehead atoms. The molecule has 2 N–H and O–H groups in total. The first kappa shape index (κ1) is 15.1. The van der Waals surface area contributed by atoms with Crippen LogP contribution >= 0.6 is 0 Å². The molecule has 3 aromatic rings. The average molecular weight is 330 g/mol. The molecule has 2 aromatic carbocycles. The minimum absolute atomic E-state index is 0.0606. The van der Waals surface area contributed by atoms with Gasteiger partial charge in [0.15, 0.2) is 11.6 Å². The molecule has 0 radical (unpaired) electrons. The van der Waals surface area contributed by atoms with E-state index in [2.05, 4.69) is 10.3 Å². The van der Waals surface area contributed by atoms with E-state index in [1.807, 2.05) is 24.3 Å². The van der Waals surface area contributed by atoms with Gasteiger partial charge < -0.3 is 10.3 Å². The molecular weight excluding hydrogens is 316 g/mol. The predicted molar refractivity (Wildman–Crippen MR) is 93.8 cm³/mol. The van der Waals surface area contributed by atoms with Crippen LogP contribution in [0.3, 0.4) is 0 Å². The molecule has 0 spiro atoms. The van der Waals surface area contributed by atoms with Gasteiger partial charge in [-0.3, -0.25) is 14.4 Å². The largest absolute Gasteiger partial charge is 0.374 e. The average Bonchev–Trinajstić information content (AvgIpc) is 3.07. The zero-order valence-corrected chi connectivity index (χ0v) is 13.2. The lowest BCUT2D eigenvalue weighted by Gasteiger charge is -2.15. The SMILES string of the molecule is O=C1C=C(NCC(=O)c2c[nH]c3ccccc23)C(=O)c2ccccc21. The highest BCUT2D eigenvalue weighted by molar-refractivity contribution is 6.24. The standard InChI is InChI=1S/C20H14N2O3/c23-18-9-17(20(25)14-7-2-1-6-13(14)18)22-11-19(24)15-10-21-16-8-4-3-5-12(15)16/h1-10,21-22H,11H2. The number of aromatic amines is 1. The van der Waals surface area contributed by atoms with Crippen molar-refractivity contribution in [2.24, 2.45) is 0 Å². The molecule has 0 saturated heterocycles. The minimum atomic E-state index is -0.276. The van der Waals surface area contributed by atoms with Crippen LogP contribution in [0.5, 0.6) is 0 Å². The molecule has 5 heteroatoms. The van der Waals surface area contributed by atoms with Crippen molar-refractivity contribution in [2.75, 3.05) is 6.54 Å². The highest BCUT2D eigenvalue weighted by Gasteiger charge is 2.25. The molecule has 0 amide bonds. The fraction of sp³-hybridized carbons (Fsp3) is 0.0500. The van der Waals surface area contributed by atoms with Crippen molar-refractivity contribution < 1.29 is 14.4 Å². The van der Waals surface area contributed by atoms with E-state index in [9.17, 15) is 14.4 Å². The van der Waals surface area contributed by atoms with Crippen LogP contribution in [-0.4, -0.2) is 28.9 Å². The van der Waals surface area contributed by atoms with E-state index in [-0.39, 0.29) is 29.6 Å². The van der Waals surface area contributed by atoms with Crippen LogP contribution in [0.1, 0.15) is 31.1 Å². The van der Waals surface area contributed by atoms with Crippen molar-refractivity contribution >= 4 is 28.3 Å². The fourth-order valence-corrected chi connectivity index (χ4v) is 3.02. The molecular formula is C20H14N2O3. The molecule has 5 nitrogen and oxygen atoms in total. The van der Waals surface area contributed by atoms with E-state index in [4.69, 9.17) is 0 Å². The monoisotopic (exact) mass is 330 g/mol.